The summed E-state index contributed by atoms with van der Waals surface area (Å²) in [5.74, 6) is 0. The van der Waals surface area contributed by atoms with Crippen molar-refractivity contribution in [3.63, 3.8) is 0 Å². The van der Waals surface area contributed by atoms with Crippen LogP contribution >= 0.6 is 0 Å². The van der Waals surface area contributed by atoms with Gasteiger partial charge < -0.3 is 0 Å². The summed E-state index contributed by atoms with van der Waals surface area (Å²) in [4.78, 5) is 0. The monoisotopic (exact) mass is 432 g/mol. The fourth-order valence-electron chi connectivity index (χ4n) is 5.81. The fourth-order valence-corrected chi connectivity index (χ4v) is 5.81. The molecule has 0 atom stereocenters. The number of rotatable bonds is 1. The lowest BCUT2D eigenvalue weighted by atomic mass is 9.33. The molecule has 0 saturated heterocycles. The Bertz CT molecular complexity index is 1700. The zero-order chi connectivity index (χ0) is 22.3. The van der Waals surface area contributed by atoms with Gasteiger partial charge in [-0.25, -0.2) is 0 Å². The van der Waals surface area contributed by atoms with Crippen molar-refractivity contribution in [3.05, 3.63) is 103 Å². The molecular formula is C29H16BF3. The summed E-state index contributed by atoms with van der Waals surface area (Å²) < 4.78 is 41.6. The van der Waals surface area contributed by atoms with Crippen LogP contribution in [0.1, 0.15) is 5.56 Å². The molecule has 0 spiro atoms. The van der Waals surface area contributed by atoms with Gasteiger partial charge in [-0.15, -0.1) is 0 Å². The zero-order valence-corrected chi connectivity index (χ0v) is 17.4. The maximum atomic E-state index is 13.9. The van der Waals surface area contributed by atoms with Crippen molar-refractivity contribution in [3.8, 4) is 11.1 Å². The van der Waals surface area contributed by atoms with Gasteiger partial charge in [-0.1, -0.05) is 107 Å². The van der Waals surface area contributed by atoms with E-state index in [1.54, 1.807) is 12.1 Å². The fraction of sp³-hybridized carbons (Fsp3) is 0.0345. The Hall–Kier alpha value is -3.79. The van der Waals surface area contributed by atoms with Crippen LogP contribution in [0.25, 0.3) is 43.4 Å². The van der Waals surface area contributed by atoms with E-state index in [-0.39, 0.29) is 12.1 Å². The van der Waals surface area contributed by atoms with E-state index in [1.165, 1.54) is 17.0 Å². The minimum atomic E-state index is -4.40. The van der Waals surface area contributed by atoms with Gasteiger partial charge in [0.25, 0.3) is 0 Å². The molecule has 7 rings (SSSR count). The van der Waals surface area contributed by atoms with Crippen LogP contribution in [-0.2, 0) is 6.18 Å². The maximum absolute atomic E-state index is 13.9. The molecule has 6 aromatic rings. The van der Waals surface area contributed by atoms with Crippen LogP contribution in [-0.4, -0.2) is 6.71 Å². The Labute approximate surface area is 188 Å². The van der Waals surface area contributed by atoms with E-state index >= 15 is 0 Å². The molecule has 0 radical (unpaired) electrons. The average Bonchev–Trinajstić information content (AvgIpc) is 2.83. The first kappa shape index (κ1) is 18.8. The van der Waals surface area contributed by atoms with E-state index in [2.05, 4.69) is 42.5 Å². The summed E-state index contributed by atoms with van der Waals surface area (Å²) in [5, 5.41) is 4.79. The lowest BCUT2D eigenvalue weighted by Gasteiger charge is -2.29. The Morgan fingerprint density at radius 1 is 0.545 bits per heavy atom. The molecule has 156 valence electrons. The molecular weight excluding hydrogens is 416 g/mol. The van der Waals surface area contributed by atoms with E-state index < -0.39 is 11.7 Å². The summed E-state index contributed by atoms with van der Waals surface area (Å²) in [6.07, 6.45) is -4.40. The average molecular weight is 432 g/mol. The molecule has 1 heterocycles. The second-order valence-corrected chi connectivity index (χ2v) is 8.81. The van der Waals surface area contributed by atoms with Crippen molar-refractivity contribution in [2.45, 2.75) is 6.18 Å². The molecule has 0 fully saturated rings. The molecule has 0 aliphatic carbocycles. The van der Waals surface area contributed by atoms with Crippen molar-refractivity contribution in [1.29, 1.82) is 0 Å². The molecule has 0 nitrogen and oxygen atoms in total. The molecule has 0 amide bonds. The second-order valence-electron chi connectivity index (χ2n) is 8.81. The van der Waals surface area contributed by atoms with Gasteiger partial charge in [-0.2, -0.15) is 13.2 Å². The summed E-state index contributed by atoms with van der Waals surface area (Å²) in [6.45, 7) is 0.0196. The minimum absolute atomic E-state index is 0.0196. The number of fused-ring (bicyclic) bond motifs is 2. The maximum Gasteiger partial charge on any atom is 0.417 e. The third kappa shape index (κ3) is 2.49. The van der Waals surface area contributed by atoms with Gasteiger partial charge >= 0.3 is 6.18 Å². The van der Waals surface area contributed by atoms with Gasteiger partial charge in [0, 0.05) is 0 Å². The predicted molar refractivity (Wildman–Crippen MR) is 132 cm³/mol. The smallest absolute Gasteiger partial charge is 0.166 e. The van der Waals surface area contributed by atoms with Gasteiger partial charge in [0.2, 0.25) is 6.71 Å². The summed E-state index contributed by atoms with van der Waals surface area (Å²) >= 11 is 0. The quantitative estimate of drug-likeness (QED) is 0.217. The molecule has 0 aromatic heterocycles. The Morgan fingerprint density at radius 2 is 1.27 bits per heavy atom. The minimum Gasteiger partial charge on any atom is -0.166 e. The van der Waals surface area contributed by atoms with Gasteiger partial charge in [-0.05, 0) is 49.5 Å². The Balaban J connectivity index is 1.71. The topological polar surface area (TPSA) is 0 Å². The van der Waals surface area contributed by atoms with Crippen LogP contribution in [0.2, 0.25) is 0 Å². The molecule has 0 saturated carbocycles. The predicted octanol–water partition coefficient (Wildman–Crippen LogP) is 6.10. The molecule has 33 heavy (non-hydrogen) atoms. The third-order valence-corrected chi connectivity index (χ3v) is 7.11. The number of alkyl halides is 3. The first-order valence-electron chi connectivity index (χ1n) is 11.0. The SMILES string of the molecule is FC(F)(F)c1ccc2cc3c4c(ccc5ccc1c2c54)-c1ccccc1B3c1ccccc1. The lowest BCUT2D eigenvalue weighted by Crippen LogP contribution is -2.54. The van der Waals surface area contributed by atoms with Crippen molar-refractivity contribution in [2.24, 2.45) is 0 Å². The van der Waals surface area contributed by atoms with E-state index in [0.29, 0.717) is 5.39 Å². The molecule has 1 aliphatic heterocycles. The van der Waals surface area contributed by atoms with Crippen molar-refractivity contribution in [2.75, 3.05) is 0 Å². The van der Waals surface area contributed by atoms with Crippen LogP contribution in [0.4, 0.5) is 13.2 Å². The summed E-state index contributed by atoms with van der Waals surface area (Å²) in [6, 6.07) is 31.4. The number of benzene rings is 6. The highest BCUT2D eigenvalue weighted by molar-refractivity contribution is 6.98. The zero-order valence-electron chi connectivity index (χ0n) is 17.4. The molecule has 0 unspecified atom stereocenters. The Morgan fingerprint density at radius 3 is 2.09 bits per heavy atom. The lowest BCUT2D eigenvalue weighted by molar-refractivity contribution is -0.136. The molecule has 0 N–H and O–H groups in total. The van der Waals surface area contributed by atoms with Gasteiger partial charge in [0.05, 0.1) is 5.56 Å². The number of hydrogen-bond donors (Lipinski definition) is 0. The van der Waals surface area contributed by atoms with Crippen molar-refractivity contribution < 1.29 is 13.2 Å². The highest BCUT2D eigenvalue weighted by Gasteiger charge is 2.36. The van der Waals surface area contributed by atoms with Gasteiger partial charge in [0.15, 0.2) is 0 Å². The van der Waals surface area contributed by atoms with Crippen LogP contribution in [0.15, 0.2) is 97.1 Å². The molecule has 6 aromatic carbocycles. The van der Waals surface area contributed by atoms with Crippen molar-refractivity contribution in [1.82, 2.24) is 0 Å². The van der Waals surface area contributed by atoms with E-state index in [0.717, 1.165) is 38.1 Å². The second kappa shape index (κ2) is 6.38. The molecule has 0 bridgehead atoms. The first-order chi connectivity index (χ1) is 16.0. The highest BCUT2D eigenvalue weighted by atomic mass is 19.4. The molecule has 1 aliphatic rings. The van der Waals surface area contributed by atoms with Crippen LogP contribution in [0, 0.1) is 0 Å². The number of halogens is 3. The summed E-state index contributed by atoms with van der Waals surface area (Å²) in [5.41, 5.74) is 5.22. The highest BCUT2D eigenvalue weighted by Crippen LogP contribution is 2.43. The van der Waals surface area contributed by atoms with Crippen molar-refractivity contribution >= 4 is 55.4 Å². The third-order valence-electron chi connectivity index (χ3n) is 7.11. The van der Waals surface area contributed by atoms with Gasteiger partial charge in [0.1, 0.15) is 0 Å². The standard InChI is InChI=1S/C29H16BF3/c31-29(32,33)23-15-12-18-16-25-28-21(13-10-17-11-14-22(23)26(18)27(17)28)20-8-4-5-9-24(20)30(25)19-6-2-1-3-7-19/h1-16H. The van der Waals surface area contributed by atoms with E-state index in [9.17, 15) is 13.2 Å². The van der Waals surface area contributed by atoms with Gasteiger partial charge in [-0.3, -0.25) is 0 Å². The number of hydrogen-bond acceptors (Lipinski definition) is 0. The Kier molecular flexibility index (Phi) is 3.63. The van der Waals surface area contributed by atoms with Crippen LogP contribution in [0.3, 0.4) is 0 Å². The summed E-state index contributed by atoms with van der Waals surface area (Å²) in [7, 11) is 0. The normalized spacial score (nSPS) is 13.2. The largest absolute Gasteiger partial charge is 0.417 e. The van der Waals surface area contributed by atoms with E-state index in [4.69, 9.17) is 0 Å². The van der Waals surface area contributed by atoms with Crippen LogP contribution in [0.5, 0.6) is 0 Å². The first-order valence-corrected chi connectivity index (χ1v) is 11.0. The van der Waals surface area contributed by atoms with E-state index in [1.807, 2.05) is 36.4 Å². The molecule has 4 heteroatoms. The van der Waals surface area contributed by atoms with Crippen LogP contribution < -0.4 is 16.4 Å².